The molecule has 2 aromatic rings. The topological polar surface area (TPSA) is 68.3 Å². The molecule has 100 valence electrons. The van der Waals surface area contributed by atoms with Crippen LogP contribution in [0.25, 0.3) is 11.0 Å². The van der Waals surface area contributed by atoms with Gasteiger partial charge in [-0.05, 0) is 31.7 Å². The maximum absolute atomic E-state index is 12.3. The summed E-state index contributed by atoms with van der Waals surface area (Å²) < 4.78 is 5.65. The van der Waals surface area contributed by atoms with Gasteiger partial charge in [-0.2, -0.15) is 0 Å². The summed E-state index contributed by atoms with van der Waals surface area (Å²) in [6.45, 7) is 2.39. The molecule has 1 saturated carbocycles. The van der Waals surface area contributed by atoms with Crippen molar-refractivity contribution in [3.63, 3.8) is 0 Å². The zero-order valence-corrected chi connectivity index (χ0v) is 11.0. The van der Waals surface area contributed by atoms with Gasteiger partial charge in [-0.3, -0.25) is 4.79 Å². The summed E-state index contributed by atoms with van der Waals surface area (Å²) in [6.07, 6.45) is 2.31. The normalized spacial score (nSPS) is 16.5. The summed E-state index contributed by atoms with van der Waals surface area (Å²) in [5.41, 5.74) is 7.35. The van der Waals surface area contributed by atoms with E-state index in [1.165, 1.54) is 0 Å². The van der Waals surface area contributed by atoms with Gasteiger partial charge in [0.05, 0.1) is 0 Å². The van der Waals surface area contributed by atoms with Crippen LogP contribution in [-0.4, -0.2) is 18.5 Å². The number of furan rings is 1. The van der Waals surface area contributed by atoms with Crippen LogP contribution >= 0.6 is 0 Å². The summed E-state index contributed by atoms with van der Waals surface area (Å²) in [7, 11) is 0. The molecule has 1 heterocycles. The number of nitrogens with one attached hydrogen (secondary N) is 1. The molecule has 4 heteroatoms. The highest BCUT2D eigenvalue weighted by molar-refractivity contribution is 5.99. The summed E-state index contributed by atoms with van der Waals surface area (Å²) in [4.78, 5) is 12.3. The second-order valence-electron chi connectivity index (χ2n) is 5.21. The van der Waals surface area contributed by atoms with Crippen LogP contribution in [0.4, 0.5) is 0 Å². The molecule has 0 aliphatic heterocycles. The number of carbonyl (C=O) groups excluding carboxylic acids is 1. The van der Waals surface area contributed by atoms with Crippen LogP contribution in [0.3, 0.4) is 0 Å². The third-order valence-corrected chi connectivity index (χ3v) is 3.81. The van der Waals surface area contributed by atoms with Crippen LogP contribution in [0.15, 0.2) is 28.7 Å². The summed E-state index contributed by atoms with van der Waals surface area (Å²) >= 11 is 0. The molecule has 1 aromatic heterocycles. The SMILES string of the molecule is Cc1c(C(=O)NC(CN)C2CC2)oc2ccccc12. The van der Waals surface area contributed by atoms with Crippen molar-refractivity contribution in [1.82, 2.24) is 5.32 Å². The fourth-order valence-corrected chi connectivity index (χ4v) is 2.49. The molecule has 0 radical (unpaired) electrons. The molecule has 0 spiro atoms. The molecule has 1 unspecified atom stereocenters. The van der Waals surface area contributed by atoms with Gasteiger partial charge in [0.2, 0.25) is 0 Å². The molecule has 1 fully saturated rings. The molecule has 1 aromatic carbocycles. The van der Waals surface area contributed by atoms with E-state index >= 15 is 0 Å². The van der Waals surface area contributed by atoms with E-state index in [1.807, 2.05) is 31.2 Å². The minimum atomic E-state index is -0.156. The Morgan fingerprint density at radius 2 is 2.21 bits per heavy atom. The van der Waals surface area contributed by atoms with E-state index in [0.29, 0.717) is 18.2 Å². The number of rotatable bonds is 4. The lowest BCUT2D eigenvalue weighted by atomic mass is 10.1. The van der Waals surface area contributed by atoms with Crippen molar-refractivity contribution in [3.05, 3.63) is 35.6 Å². The second kappa shape index (κ2) is 4.70. The molecular weight excluding hydrogens is 240 g/mol. The number of carbonyl (C=O) groups is 1. The summed E-state index contributed by atoms with van der Waals surface area (Å²) in [5.74, 6) is 0.787. The van der Waals surface area contributed by atoms with E-state index in [2.05, 4.69) is 5.32 Å². The monoisotopic (exact) mass is 258 g/mol. The number of para-hydroxylation sites is 1. The van der Waals surface area contributed by atoms with E-state index in [0.717, 1.165) is 29.4 Å². The first-order valence-electron chi connectivity index (χ1n) is 6.69. The van der Waals surface area contributed by atoms with Crippen molar-refractivity contribution in [2.45, 2.75) is 25.8 Å². The van der Waals surface area contributed by atoms with Crippen LogP contribution in [0.5, 0.6) is 0 Å². The van der Waals surface area contributed by atoms with E-state index in [1.54, 1.807) is 0 Å². The molecule has 1 aliphatic carbocycles. The van der Waals surface area contributed by atoms with Gasteiger partial charge >= 0.3 is 0 Å². The van der Waals surface area contributed by atoms with Gasteiger partial charge in [-0.15, -0.1) is 0 Å². The molecule has 1 aliphatic rings. The summed E-state index contributed by atoms with van der Waals surface area (Å²) in [6, 6.07) is 7.76. The lowest BCUT2D eigenvalue weighted by Gasteiger charge is -2.15. The molecule has 1 atom stereocenters. The first-order chi connectivity index (χ1) is 9.20. The predicted molar refractivity (Wildman–Crippen MR) is 74.0 cm³/mol. The lowest BCUT2D eigenvalue weighted by molar-refractivity contribution is 0.0906. The fourth-order valence-electron chi connectivity index (χ4n) is 2.49. The van der Waals surface area contributed by atoms with Crippen LogP contribution in [-0.2, 0) is 0 Å². The van der Waals surface area contributed by atoms with Crippen LogP contribution in [0, 0.1) is 12.8 Å². The van der Waals surface area contributed by atoms with Crippen LogP contribution in [0.1, 0.15) is 29.0 Å². The Labute approximate surface area is 112 Å². The van der Waals surface area contributed by atoms with Gasteiger partial charge in [0.25, 0.3) is 5.91 Å². The highest BCUT2D eigenvalue weighted by atomic mass is 16.3. The van der Waals surface area contributed by atoms with Gasteiger partial charge in [0.1, 0.15) is 5.58 Å². The fraction of sp³-hybridized carbons (Fsp3) is 0.400. The number of amides is 1. The van der Waals surface area contributed by atoms with Gasteiger partial charge < -0.3 is 15.5 Å². The summed E-state index contributed by atoms with van der Waals surface area (Å²) in [5, 5.41) is 3.98. The first-order valence-corrected chi connectivity index (χ1v) is 6.69. The molecule has 3 rings (SSSR count). The average molecular weight is 258 g/mol. The Morgan fingerprint density at radius 1 is 1.47 bits per heavy atom. The van der Waals surface area contributed by atoms with Crippen LogP contribution < -0.4 is 11.1 Å². The minimum Gasteiger partial charge on any atom is -0.451 e. The quantitative estimate of drug-likeness (QED) is 0.883. The molecule has 1 amide bonds. The smallest absolute Gasteiger partial charge is 0.287 e. The van der Waals surface area contributed by atoms with Crippen molar-refractivity contribution in [2.75, 3.05) is 6.54 Å². The van der Waals surface area contributed by atoms with Crippen LogP contribution in [0.2, 0.25) is 0 Å². The van der Waals surface area contributed by atoms with Crippen molar-refractivity contribution < 1.29 is 9.21 Å². The zero-order chi connectivity index (χ0) is 13.4. The highest BCUT2D eigenvalue weighted by Crippen LogP contribution is 2.32. The highest BCUT2D eigenvalue weighted by Gasteiger charge is 2.32. The molecule has 3 N–H and O–H groups in total. The second-order valence-corrected chi connectivity index (χ2v) is 5.21. The Balaban J connectivity index is 1.86. The van der Waals surface area contributed by atoms with Gasteiger partial charge in [-0.1, -0.05) is 18.2 Å². The third-order valence-electron chi connectivity index (χ3n) is 3.81. The standard InChI is InChI=1S/C15H18N2O2/c1-9-11-4-2-3-5-13(11)19-14(9)15(18)17-12(8-16)10-6-7-10/h2-5,10,12H,6-8,16H2,1H3,(H,17,18). The van der Waals surface area contributed by atoms with E-state index in [9.17, 15) is 4.79 Å². The van der Waals surface area contributed by atoms with Crippen molar-refractivity contribution >= 4 is 16.9 Å². The Morgan fingerprint density at radius 3 is 2.84 bits per heavy atom. The Bertz CT molecular complexity index is 614. The van der Waals surface area contributed by atoms with Crippen molar-refractivity contribution in [1.29, 1.82) is 0 Å². The minimum absolute atomic E-state index is 0.0695. The lowest BCUT2D eigenvalue weighted by Crippen LogP contribution is -2.41. The first kappa shape index (κ1) is 12.2. The number of hydrogen-bond donors (Lipinski definition) is 2. The molecule has 4 nitrogen and oxygen atoms in total. The van der Waals surface area contributed by atoms with Gasteiger partial charge in [0, 0.05) is 23.5 Å². The Kier molecular flexibility index (Phi) is 3.03. The maximum Gasteiger partial charge on any atom is 0.287 e. The van der Waals surface area contributed by atoms with E-state index in [4.69, 9.17) is 10.2 Å². The molecule has 0 bridgehead atoms. The number of benzene rings is 1. The molecule has 19 heavy (non-hydrogen) atoms. The Hall–Kier alpha value is -1.81. The molecule has 0 saturated heterocycles. The third kappa shape index (κ3) is 2.24. The van der Waals surface area contributed by atoms with Crippen molar-refractivity contribution in [3.8, 4) is 0 Å². The van der Waals surface area contributed by atoms with Crippen molar-refractivity contribution in [2.24, 2.45) is 11.7 Å². The zero-order valence-electron chi connectivity index (χ0n) is 11.0. The molecular formula is C15H18N2O2. The number of nitrogens with two attached hydrogens (primary N) is 1. The number of aryl methyl sites for hydroxylation is 1. The average Bonchev–Trinajstić information content (AvgIpc) is 3.21. The number of fused-ring (bicyclic) bond motifs is 1. The largest absolute Gasteiger partial charge is 0.451 e. The maximum atomic E-state index is 12.3. The predicted octanol–water partition coefficient (Wildman–Crippen LogP) is 2.21. The van der Waals surface area contributed by atoms with E-state index < -0.39 is 0 Å². The van der Waals surface area contributed by atoms with Gasteiger partial charge in [-0.25, -0.2) is 0 Å². The van der Waals surface area contributed by atoms with Gasteiger partial charge in [0.15, 0.2) is 5.76 Å². The number of hydrogen-bond acceptors (Lipinski definition) is 3. The van der Waals surface area contributed by atoms with E-state index in [-0.39, 0.29) is 11.9 Å².